The lowest BCUT2D eigenvalue weighted by Crippen LogP contribution is -2.48. The SMILES string of the molecule is CCS(=O)(=O)C1CSCCN1c1ccccc1C(=N)N. The summed E-state index contributed by atoms with van der Waals surface area (Å²) in [6, 6.07) is 7.25. The monoisotopic (exact) mass is 313 g/mol. The van der Waals surface area contributed by atoms with Crippen molar-refractivity contribution in [2.24, 2.45) is 5.73 Å². The molecule has 1 aromatic carbocycles. The molecular formula is C13H19N3O2S2. The summed E-state index contributed by atoms with van der Waals surface area (Å²) in [5.74, 6) is 1.52. The van der Waals surface area contributed by atoms with Gasteiger partial charge in [0.2, 0.25) is 0 Å². The maximum atomic E-state index is 12.3. The number of thioether (sulfide) groups is 1. The molecule has 20 heavy (non-hydrogen) atoms. The summed E-state index contributed by atoms with van der Waals surface area (Å²) in [5, 5.41) is 7.12. The molecule has 7 heteroatoms. The van der Waals surface area contributed by atoms with Crippen LogP contribution in [-0.2, 0) is 9.84 Å². The van der Waals surface area contributed by atoms with Gasteiger partial charge in [-0.15, -0.1) is 0 Å². The standard InChI is InChI=1S/C13H19N3O2S2/c1-2-20(17,18)12-9-19-8-7-16(12)11-6-4-3-5-10(11)13(14)15/h3-6,12H,2,7-9H2,1H3,(H3,14,15). The Morgan fingerprint density at radius 1 is 1.50 bits per heavy atom. The average Bonchev–Trinajstić information content (AvgIpc) is 2.47. The third-order valence-corrected chi connectivity index (χ3v) is 6.69. The van der Waals surface area contributed by atoms with Gasteiger partial charge in [0.15, 0.2) is 9.84 Å². The highest BCUT2D eigenvalue weighted by Gasteiger charge is 2.34. The van der Waals surface area contributed by atoms with E-state index >= 15 is 0 Å². The molecule has 0 saturated carbocycles. The van der Waals surface area contributed by atoms with Crippen molar-refractivity contribution in [3.63, 3.8) is 0 Å². The topological polar surface area (TPSA) is 87.2 Å². The minimum atomic E-state index is -3.17. The number of nitrogens with zero attached hydrogens (tertiary/aromatic N) is 1. The Morgan fingerprint density at radius 2 is 2.20 bits per heavy atom. The van der Waals surface area contributed by atoms with Crippen LogP contribution in [0.5, 0.6) is 0 Å². The zero-order valence-electron chi connectivity index (χ0n) is 11.4. The fraction of sp³-hybridized carbons (Fsp3) is 0.462. The van der Waals surface area contributed by atoms with Gasteiger partial charge < -0.3 is 10.6 Å². The summed E-state index contributed by atoms with van der Waals surface area (Å²) in [5.41, 5.74) is 6.94. The van der Waals surface area contributed by atoms with Gasteiger partial charge in [0.1, 0.15) is 11.2 Å². The van der Waals surface area contributed by atoms with E-state index in [9.17, 15) is 8.42 Å². The average molecular weight is 313 g/mol. The van der Waals surface area contributed by atoms with Crippen molar-refractivity contribution in [2.45, 2.75) is 12.3 Å². The fourth-order valence-corrected chi connectivity index (χ4v) is 5.28. The number of sulfone groups is 1. The van der Waals surface area contributed by atoms with Crippen LogP contribution < -0.4 is 10.6 Å². The predicted octanol–water partition coefficient (Wildman–Crippen LogP) is 1.28. The number of benzene rings is 1. The zero-order chi connectivity index (χ0) is 14.8. The van der Waals surface area contributed by atoms with Gasteiger partial charge in [0, 0.05) is 35.1 Å². The Hall–Kier alpha value is -1.21. The predicted molar refractivity (Wildman–Crippen MR) is 85.4 cm³/mol. The fourth-order valence-electron chi connectivity index (χ4n) is 2.30. The highest BCUT2D eigenvalue weighted by molar-refractivity contribution is 8.01. The van der Waals surface area contributed by atoms with E-state index in [4.69, 9.17) is 11.1 Å². The molecule has 0 spiro atoms. The van der Waals surface area contributed by atoms with Crippen molar-refractivity contribution in [3.8, 4) is 0 Å². The van der Waals surface area contributed by atoms with E-state index in [1.807, 2.05) is 23.1 Å². The van der Waals surface area contributed by atoms with E-state index in [2.05, 4.69) is 0 Å². The second-order valence-corrected chi connectivity index (χ2v) is 8.20. The highest BCUT2D eigenvalue weighted by Crippen LogP contribution is 2.29. The molecule has 0 aliphatic carbocycles. The molecule has 1 atom stereocenters. The lowest BCUT2D eigenvalue weighted by molar-refractivity contribution is 0.579. The number of hydrogen-bond acceptors (Lipinski definition) is 5. The minimum absolute atomic E-state index is 0.0357. The van der Waals surface area contributed by atoms with Crippen LogP contribution in [0.2, 0.25) is 0 Å². The molecule has 1 unspecified atom stereocenters. The van der Waals surface area contributed by atoms with Crippen LogP contribution in [0.3, 0.4) is 0 Å². The Balaban J connectivity index is 2.46. The van der Waals surface area contributed by atoms with E-state index in [0.29, 0.717) is 17.9 Å². The Kier molecular flexibility index (Phi) is 4.59. The molecule has 0 aromatic heterocycles. The van der Waals surface area contributed by atoms with E-state index < -0.39 is 15.2 Å². The molecule has 1 heterocycles. The van der Waals surface area contributed by atoms with Gasteiger partial charge in [0.25, 0.3) is 0 Å². The van der Waals surface area contributed by atoms with E-state index in [-0.39, 0.29) is 11.6 Å². The molecule has 2 rings (SSSR count). The van der Waals surface area contributed by atoms with Crippen molar-refractivity contribution in [1.29, 1.82) is 5.41 Å². The maximum absolute atomic E-state index is 12.3. The van der Waals surface area contributed by atoms with Gasteiger partial charge in [-0.05, 0) is 12.1 Å². The summed E-state index contributed by atoms with van der Waals surface area (Å²) in [6.45, 7) is 2.32. The molecule has 1 aromatic rings. The number of nitrogens with one attached hydrogen (secondary N) is 1. The summed E-state index contributed by atoms with van der Waals surface area (Å²) in [7, 11) is -3.17. The smallest absolute Gasteiger partial charge is 0.171 e. The maximum Gasteiger partial charge on any atom is 0.171 e. The van der Waals surface area contributed by atoms with E-state index in [1.165, 1.54) is 0 Å². The van der Waals surface area contributed by atoms with Gasteiger partial charge in [0.05, 0.1) is 0 Å². The van der Waals surface area contributed by atoms with Gasteiger partial charge >= 0.3 is 0 Å². The van der Waals surface area contributed by atoms with Crippen LogP contribution in [0.25, 0.3) is 0 Å². The molecule has 1 aliphatic heterocycles. The molecular weight excluding hydrogens is 294 g/mol. The Bertz CT molecular complexity index is 601. The van der Waals surface area contributed by atoms with Gasteiger partial charge in [-0.1, -0.05) is 19.1 Å². The molecule has 110 valence electrons. The van der Waals surface area contributed by atoms with Crippen LogP contribution in [0.4, 0.5) is 5.69 Å². The molecule has 1 fully saturated rings. The summed E-state index contributed by atoms with van der Waals surface area (Å²) in [6.07, 6.45) is 0. The van der Waals surface area contributed by atoms with Crippen molar-refractivity contribution >= 4 is 33.1 Å². The number of hydrogen-bond donors (Lipinski definition) is 2. The normalized spacial score (nSPS) is 19.9. The van der Waals surface area contributed by atoms with Crippen molar-refractivity contribution in [3.05, 3.63) is 29.8 Å². The first-order valence-corrected chi connectivity index (χ1v) is 9.33. The van der Waals surface area contributed by atoms with Gasteiger partial charge in [-0.25, -0.2) is 8.42 Å². The number of nitrogens with two attached hydrogens (primary N) is 1. The van der Waals surface area contributed by atoms with Crippen LogP contribution in [-0.4, -0.2) is 43.4 Å². The van der Waals surface area contributed by atoms with Crippen LogP contribution >= 0.6 is 11.8 Å². The summed E-state index contributed by atoms with van der Waals surface area (Å²) >= 11 is 1.65. The molecule has 3 N–H and O–H groups in total. The van der Waals surface area contributed by atoms with Gasteiger partial charge in [-0.2, -0.15) is 11.8 Å². The van der Waals surface area contributed by atoms with Crippen molar-refractivity contribution < 1.29 is 8.42 Å². The lowest BCUT2D eigenvalue weighted by atomic mass is 10.1. The van der Waals surface area contributed by atoms with Gasteiger partial charge in [-0.3, -0.25) is 5.41 Å². The lowest BCUT2D eigenvalue weighted by Gasteiger charge is -2.37. The number of anilines is 1. The van der Waals surface area contributed by atoms with Crippen LogP contribution in [0.1, 0.15) is 12.5 Å². The molecule has 0 amide bonds. The minimum Gasteiger partial charge on any atom is -0.384 e. The molecule has 5 nitrogen and oxygen atoms in total. The molecule has 0 bridgehead atoms. The van der Waals surface area contributed by atoms with Crippen molar-refractivity contribution in [2.75, 3.05) is 28.7 Å². The highest BCUT2D eigenvalue weighted by atomic mass is 32.2. The second-order valence-electron chi connectivity index (χ2n) is 4.61. The number of rotatable bonds is 4. The summed E-state index contributed by atoms with van der Waals surface area (Å²) < 4.78 is 24.6. The Morgan fingerprint density at radius 3 is 2.85 bits per heavy atom. The first-order chi connectivity index (χ1) is 9.47. The molecule has 1 saturated heterocycles. The molecule has 0 radical (unpaired) electrons. The summed E-state index contributed by atoms with van der Waals surface area (Å²) in [4.78, 5) is 1.88. The first kappa shape index (κ1) is 15.2. The van der Waals surface area contributed by atoms with E-state index in [1.54, 1.807) is 24.8 Å². The van der Waals surface area contributed by atoms with Crippen LogP contribution in [0.15, 0.2) is 24.3 Å². The van der Waals surface area contributed by atoms with Crippen LogP contribution in [0, 0.1) is 5.41 Å². The quantitative estimate of drug-likeness (QED) is 0.646. The van der Waals surface area contributed by atoms with E-state index in [0.717, 1.165) is 11.4 Å². The second kappa shape index (κ2) is 6.05. The third kappa shape index (κ3) is 2.93. The number of nitrogen functional groups attached to an aromatic ring is 1. The zero-order valence-corrected chi connectivity index (χ0v) is 13.0. The third-order valence-electron chi connectivity index (χ3n) is 3.41. The number of amidine groups is 1. The van der Waals surface area contributed by atoms with Crippen molar-refractivity contribution in [1.82, 2.24) is 0 Å². The largest absolute Gasteiger partial charge is 0.384 e. The molecule has 1 aliphatic rings. The first-order valence-electron chi connectivity index (χ1n) is 6.46. The number of para-hydroxylation sites is 1. The Labute approximate surface area is 124 Å².